The van der Waals surface area contributed by atoms with Gasteiger partial charge in [-0.3, -0.25) is 0 Å². The summed E-state index contributed by atoms with van der Waals surface area (Å²) in [5.74, 6) is -0.375. The molecule has 20 heavy (non-hydrogen) atoms. The summed E-state index contributed by atoms with van der Waals surface area (Å²) in [4.78, 5) is 0. The molecule has 0 saturated heterocycles. The second kappa shape index (κ2) is 7.47. The minimum absolute atomic E-state index is 0.0228. The third-order valence-corrected chi connectivity index (χ3v) is 2.97. The number of hydrogen-bond acceptors (Lipinski definition) is 2. The normalized spacial score (nSPS) is 13.3. The van der Waals surface area contributed by atoms with Crippen LogP contribution in [0.2, 0.25) is 0 Å². The fourth-order valence-corrected chi connectivity index (χ4v) is 2.02. The van der Waals surface area contributed by atoms with Gasteiger partial charge >= 0.3 is 6.18 Å². The van der Waals surface area contributed by atoms with Crippen molar-refractivity contribution in [1.82, 2.24) is 5.32 Å². The molecule has 1 unspecified atom stereocenters. The van der Waals surface area contributed by atoms with Crippen LogP contribution in [0.15, 0.2) is 18.2 Å². The quantitative estimate of drug-likeness (QED) is 0.774. The Hall–Kier alpha value is -1.30. The number of halogens is 4. The van der Waals surface area contributed by atoms with Gasteiger partial charge in [0, 0.05) is 12.5 Å². The van der Waals surface area contributed by atoms with Crippen molar-refractivity contribution >= 4 is 0 Å². The van der Waals surface area contributed by atoms with E-state index in [1.807, 2.05) is 6.92 Å². The summed E-state index contributed by atoms with van der Waals surface area (Å²) in [5.41, 5.74) is 0.649. The maximum absolute atomic E-state index is 13.5. The highest BCUT2D eigenvalue weighted by molar-refractivity contribution is 5.29. The molecule has 114 valence electrons. The fourth-order valence-electron chi connectivity index (χ4n) is 2.02. The zero-order valence-corrected chi connectivity index (χ0v) is 11.6. The van der Waals surface area contributed by atoms with Crippen LogP contribution in [0.3, 0.4) is 0 Å². The molecule has 6 heteroatoms. The molecule has 0 spiro atoms. The molecule has 0 bridgehead atoms. The Morgan fingerprint density at radius 2 is 2.00 bits per heavy atom. The minimum Gasteiger partial charge on any atom is -0.494 e. The zero-order chi connectivity index (χ0) is 15.2. The lowest BCUT2D eigenvalue weighted by molar-refractivity contribution is -0.136. The summed E-state index contributed by atoms with van der Waals surface area (Å²) in [6.07, 6.45) is -4.68. The monoisotopic (exact) mass is 293 g/mol. The maximum atomic E-state index is 13.5. The van der Waals surface area contributed by atoms with Crippen molar-refractivity contribution in [2.24, 2.45) is 0 Å². The number of rotatable bonds is 7. The molecule has 1 aromatic carbocycles. The summed E-state index contributed by atoms with van der Waals surface area (Å²) in [5, 5.41) is 3.00. The van der Waals surface area contributed by atoms with Crippen molar-refractivity contribution in [3.05, 3.63) is 29.6 Å². The highest BCUT2D eigenvalue weighted by atomic mass is 19.4. The van der Waals surface area contributed by atoms with Crippen LogP contribution in [0.1, 0.15) is 25.3 Å². The Balaban J connectivity index is 2.67. The lowest BCUT2D eigenvalue weighted by Gasteiger charge is -2.19. The van der Waals surface area contributed by atoms with Crippen LogP contribution >= 0.6 is 0 Å². The molecule has 0 amide bonds. The van der Waals surface area contributed by atoms with Crippen LogP contribution in [0.25, 0.3) is 0 Å². The van der Waals surface area contributed by atoms with Gasteiger partial charge in [-0.2, -0.15) is 13.2 Å². The molecule has 0 saturated carbocycles. The maximum Gasteiger partial charge on any atom is 0.389 e. The predicted octanol–water partition coefficient (Wildman–Crippen LogP) is 3.70. The number of nitrogens with one attached hydrogen (secondary N) is 1. The third kappa shape index (κ3) is 5.77. The first-order valence-electron chi connectivity index (χ1n) is 6.48. The van der Waals surface area contributed by atoms with E-state index >= 15 is 0 Å². The number of likely N-dealkylation sites (N-methyl/N-ethyl adjacent to an activating group) is 1. The minimum atomic E-state index is -4.17. The number of ether oxygens (including phenoxy) is 1. The van der Waals surface area contributed by atoms with E-state index < -0.39 is 18.4 Å². The van der Waals surface area contributed by atoms with Gasteiger partial charge in [0.25, 0.3) is 0 Å². The van der Waals surface area contributed by atoms with Crippen LogP contribution in [-0.2, 0) is 6.42 Å². The van der Waals surface area contributed by atoms with E-state index in [1.165, 1.54) is 19.2 Å². The van der Waals surface area contributed by atoms with Crippen molar-refractivity contribution in [1.29, 1.82) is 0 Å². The van der Waals surface area contributed by atoms with E-state index in [0.717, 1.165) is 0 Å². The molecule has 0 fully saturated rings. The van der Waals surface area contributed by atoms with Crippen LogP contribution in [-0.4, -0.2) is 25.9 Å². The highest BCUT2D eigenvalue weighted by Crippen LogP contribution is 2.24. The molecular formula is C14H19F4NO. The molecule has 1 N–H and O–H groups in total. The molecule has 1 aromatic rings. The first-order chi connectivity index (χ1) is 9.35. The highest BCUT2D eigenvalue weighted by Gasteiger charge is 2.28. The number of alkyl halides is 3. The van der Waals surface area contributed by atoms with Gasteiger partial charge in [0.15, 0.2) is 11.6 Å². The molecule has 0 aliphatic heterocycles. The molecule has 1 atom stereocenters. The van der Waals surface area contributed by atoms with E-state index in [9.17, 15) is 17.6 Å². The standard InChI is InChI=1S/C14H19F4NO/c1-3-19-11(6-7-14(16,17)18)8-10-4-5-13(20-2)12(15)9-10/h4-5,9,11,19H,3,6-8H2,1-2H3. The second-order valence-electron chi connectivity index (χ2n) is 4.58. The summed E-state index contributed by atoms with van der Waals surface area (Å²) >= 11 is 0. The lowest BCUT2D eigenvalue weighted by atomic mass is 10.0. The number of hydrogen-bond donors (Lipinski definition) is 1. The summed E-state index contributed by atoms with van der Waals surface area (Å²) in [7, 11) is 1.36. The molecule has 2 nitrogen and oxygen atoms in total. The first kappa shape index (κ1) is 16.8. The smallest absolute Gasteiger partial charge is 0.389 e. The first-order valence-corrected chi connectivity index (χ1v) is 6.48. The van der Waals surface area contributed by atoms with Gasteiger partial charge in [-0.25, -0.2) is 4.39 Å². The van der Waals surface area contributed by atoms with Gasteiger partial charge in [-0.1, -0.05) is 13.0 Å². The Bertz CT molecular complexity index is 420. The SMILES string of the molecule is CCNC(CCC(F)(F)F)Cc1ccc(OC)c(F)c1. The Morgan fingerprint density at radius 3 is 2.50 bits per heavy atom. The summed E-state index contributed by atoms with van der Waals surface area (Å²) in [6.45, 7) is 2.40. The molecule has 0 aromatic heterocycles. The van der Waals surface area contributed by atoms with Gasteiger partial charge < -0.3 is 10.1 Å². The van der Waals surface area contributed by atoms with Crippen molar-refractivity contribution in [3.63, 3.8) is 0 Å². The van der Waals surface area contributed by atoms with Crippen LogP contribution < -0.4 is 10.1 Å². The van der Waals surface area contributed by atoms with Crippen LogP contribution in [0, 0.1) is 5.82 Å². The van der Waals surface area contributed by atoms with E-state index in [-0.39, 0.29) is 18.2 Å². The van der Waals surface area contributed by atoms with Crippen molar-refractivity contribution in [2.45, 2.75) is 38.4 Å². The fraction of sp³-hybridized carbons (Fsp3) is 0.571. The van der Waals surface area contributed by atoms with Crippen molar-refractivity contribution < 1.29 is 22.3 Å². The molecule has 0 heterocycles. The average Bonchev–Trinajstić information content (AvgIpc) is 2.35. The van der Waals surface area contributed by atoms with Gasteiger partial charge in [0.1, 0.15) is 0 Å². The summed E-state index contributed by atoms with van der Waals surface area (Å²) in [6, 6.07) is 4.13. The van der Waals surface area contributed by atoms with Gasteiger partial charge in [-0.15, -0.1) is 0 Å². The number of methoxy groups -OCH3 is 1. The van der Waals surface area contributed by atoms with Crippen LogP contribution in [0.4, 0.5) is 17.6 Å². The number of benzene rings is 1. The Labute approximate surface area is 116 Å². The summed E-state index contributed by atoms with van der Waals surface area (Å²) < 4.78 is 55.1. The van der Waals surface area contributed by atoms with Gasteiger partial charge in [0.05, 0.1) is 7.11 Å². The zero-order valence-electron chi connectivity index (χ0n) is 11.6. The molecule has 0 radical (unpaired) electrons. The molecule has 0 aliphatic rings. The lowest BCUT2D eigenvalue weighted by Crippen LogP contribution is -2.32. The molecular weight excluding hydrogens is 274 g/mol. The van der Waals surface area contributed by atoms with Crippen molar-refractivity contribution in [3.8, 4) is 5.75 Å². The second-order valence-corrected chi connectivity index (χ2v) is 4.58. The van der Waals surface area contributed by atoms with E-state index in [2.05, 4.69) is 5.32 Å². The van der Waals surface area contributed by atoms with E-state index in [0.29, 0.717) is 18.5 Å². The largest absolute Gasteiger partial charge is 0.494 e. The van der Waals surface area contributed by atoms with Gasteiger partial charge in [-0.05, 0) is 37.1 Å². The van der Waals surface area contributed by atoms with Gasteiger partial charge in [0.2, 0.25) is 0 Å². The predicted molar refractivity (Wildman–Crippen MR) is 69.4 cm³/mol. The van der Waals surface area contributed by atoms with Crippen molar-refractivity contribution in [2.75, 3.05) is 13.7 Å². The Morgan fingerprint density at radius 1 is 1.30 bits per heavy atom. The van der Waals surface area contributed by atoms with Crippen LogP contribution in [0.5, 0.6) is 5.75 Å². The van der Waals surface area contributed by atoms with E-state index in [4.69, 9.17) is 4.74 Å². The average molecular weight is 293 g/mol. The third-order valence-electron chi connectivity index (χ3n) is 2.97. The topological polar surface area (TPSA) is 21.3 Å². The molecule has 1 rings (SSSR count). The van der Waals surface area contributed by atoms with E-state index in [1.54, 1.807) is 6.07 Å². The molecule has 0 aliphatic carbocycles. The Kier molecular flexibility index (Phi) is 6.26.